The van der Waals surface area contributed by atoms with E-state index < -0.39 is 0 Å². The molecular weight excluding hydrogens is 232 g/mol. The second-order valence-corrected chi connectivity index (χ2v) is 4.03. The summed E-state index contributed by atoms with van der Waals surface area (Å²) in [6.45, 7) is 6.01. The monoisotopic (exact) mass is 250 g/mol. The SMILES string of the molecule is CC(=O)NCCNC(=O)Nc1cc(C)cc(C)n1. The molecule has 6 nitrogen and oxygen atoms in total. The highest BCUT2D eigenvalue weighted by Crippen LogP contribution is 2.08. The summed E-state index contributed by atoms with van der Waals surface area (Å²) in [6.07, 6.45) is 0. The number of carbonyl (C=O) groups is 2. The molecule has 6 heteroatoms. The Morgan fingerprint density at radius 2 is 1.83 bits per heavy atom. The summed E-state index contributed by atoms with van der Waals surface area (Å²) in [5.74, 6) is 0.401. The molecule has 1 heterocycles. The second-order valence-electron chi connectivity index (χ2n) is 4.03. The molecular formula is C12H18N4O2. The van der Waals surface area contributed by atoms with Gasteiger partial charge in [-0.05, 0) is 31.5 Å². The predicted molar refractivity (Wildman–Crippen MR) is 69.4 cm³/mol. The zero-order valence-electron chi connectivity index (χ0n) is 10.8. The first-order chi connectivity index (χ1) is 8.47. The lowest BCUT2D eigenvalue weighted by Gasteiger charge is -2.08. The Balaban J connectivity index is 2.37. The average molecular weight is 250 g/mol. The van der Waals surface area contributed by atoms with E-state index in [9.17, 15) is 9.59 Å². The molecule has 3 N–H and O–H groups in total. The minimum absolute atomic E-state index is 0.117. The van der Waals surface area contributed by atoms with Crippen molar-refractivity contribution in [3.05, 3.63) is 23.4 Å². The Morgan fingerprint density at radius 1 is 1.17 bits per heavy atom. The first-order valence-electron chi connectivity index (χ1n) is 5.72. The third kappa shape index (κ3) is 5.29. The summed E-state index contributed by atoms with van der Waals surface area (Å²) in [6, 6.07) is 3.39. The fourth-order valence-corrected chi connectivity index (χ4v) is 1.48. The van der Waals surface area contributed by atoms with E-state index in [1.165, 1.54) is 6.92 Å². The molecule has 1 aromatic rings. The van der Waals surface area contributed by atoms with Gasteiger partial charge in [-0.15, -0.1) is 0 Å². The molecule has 0 spiro atoms. The lowest BCUT2D eigenvalue weighted by Crippen LogP contribution is -2.36. The van der Waals surface area contributed by atoms with Crippen LogP contribution in [-0.2, 0) is 4.79 Å². The molecule has 0 bridgehead atoms. The largest absolute Gasteiger partial charge is 0.355 e. The van der Waals surface area contributed by atoms with Gasteiger partial charge in [0.15, 0.2) is 0 Å². The van der Waals surface area contributed by atoms with E-state index in [-0.39, 0.29) is 11.9 Å². The van der Waals surface area contributed by atoms with E-state index in [0.29, 0.717) is 18.9 Å². The van der Waals surface area contributed by atoms with Gasteiger partial charge in [-0.2, -0.15) is 0 Å². The van der Waals surface area contributed by atoms with Gasteiger partial charge < -0.3 is 10.6 Å². The summed E-state index contributed by atoms with van der Waals surface area (Å²) in [4.78, 5) is 26.3. The molecule has 1 rings (SSSR count). The van der Waals surface area contributed by atoms with Gasteiger partial charge in [0.2, 0.25) is 5.91 Å². The maximum Gasteiger partial charge on any atom is 0.320 e. The van der Waals surface area contributed by atoms with Gasteiger partial charge in [0.05, 0.1) is 0 Å². The molecule has 18 heavy (non-hydrogen) atoms. The van der Waals surface area contributed by atoms with Gasteiger partial charge in [-0.25, -0.2) is 9.78 Å². The normalized spacial score (nSPS) is 9.72. The van der Waals surface area contributed by atoms with Crippen molar-refractivity contribution in [3.8, 4) is 0 Å². The lowest BCUT2D eigenvalue weighted by molar-refractivity contribution is -0.118. The van der Waals surface area contributed by atoms with Crippen LogP contribution >= 0.6 is 0 Å². The van der Waals surface area contributed by atoms with Crippen LogP contribution in [0.25, 0.3) is 0 Å². The number of anilines is 1. The standard InChI is InChI=1S/C12H18N4O2/c1-8-6-9(2)15-11(7-8)16-12(18)14-5-4-13-10(3)17/h6-7H,4-5H2,1-3H3,(H,13,17)(H2,14,15,16,18). The van der Waals surface area contributed by atoms with Gasteiger partial charge in [-0.1, -0.05) is 0 Å². The number of aromatic nitrogens is 1. The summed E-state index contributed by atoms with van der Waals surface area (Å²) >= 11 is 0. The molecule has 0 aromatic carbocycles. The van der Waals surface area contributed by atoms with Crippen LogP contribution in [-0.4, -0.2) is 30.0 Å². The number of aryl methyl sites for hydroxylation is 2. The van der Waals surface area contributed by atoms with Crippen molar-refractivity contribution >= 4 is 17.8 Å². The summed E-state index contributed by atoms with van der Waals surface area (Å²) in [5, 5.41) is 7.84. The maximum atomic E-state index is 11.5. The minimum Gasteiger partial charge on any atom is -0.355 e. The molecule has 0 radical (unpaired) electrons. The van der Waals surface area contributed by atoms with Gasteiger partial charge in [-0.3, -0.25) is 10.1 Å². The smallest absolute Gasteiger partial charge is 0.320 e. The van der Waals surface area contributed by atoms with Crippen LogP contribution in [0, 0.1) is 13.8 Å². The molecule has 0 saturated heterocycles. The molecule has 0 aliphatic carbocycles. The fraction of sp³-hybridized carbons (Fsp3) is 0.417. The van der Waals surface area contributed by atoms with Gasteiger partial charge in [0.25, 0.3) is 0 Å². The van der Waals surface area contributed by atoms with Crippen molar-refractivity contribution in [2.45, 2.75) is 20.8 Å². The van der Waals surface area contributed by atoms with Crippen LogP contribution in [0.1, 0.15) is 18.2 Å². The van der Waals surface area contributed by atoms with E-state index in [4.69, 9.17) is 0 Å². The number of pyridine rings is 1. The van der Waals surface area contributed by atoms with Crippen molar-refractivity contribution in [2.75, 3.05) is 18.4 Å². The number of carbonyl (C=O) groups excluding carboxylic acids is 2. The van der Waals surface area contributed by atoms with Crippen molar-refractivity contribution in [3.63, 3.8) is 0 Å². The highest BCUT2D eigenvalue weighted by molar-refractivity contribution is 5.88. The van der Waals surface area contributed by atoms with Gasteiger partial charge >= 0.3 is 6.03 Å². The van der Waals surface area contributed by atoms with Crippen molar-refractivity contribution in [1.82, 2.24) is 15.6 Å². The van der Waals surface area contributed by atoms with Gasteiger partial charge in [0.1, 0.15) is 5.82 Å². The molecule has 0 fully saturated rings. The van der Waals surface area contributed by atoms with E-state index in [1.807, 2.05) is 19.9 Å². The second kappa shape index (κ2) is 6.58. The van der Waals surface area contributed by atoms with E-state index in [0.717, 1.165) is 11.3 Å². The summed E-state index contributed by atoms with van der Waals surface area (Å²) in [7, 11) is 0. The van der Waals surface area contributed by atoms with Crippen LogP contribution < -0.4 is 16.0 Å². The Labute approximate surface area is 106 Å². The minimum atomic E-state index is -0.335. The maximum absolute atomic E-state index is 11.5. The molecule has 3 amide bonds. The number of urea groups is 1. The third-order valence-electron chi connectivity index (χ3n) is 2.12. The molecule has 0 aliphatic rings. The molecule has 0 unspecified atom stereocenters. The Hall–Kier alpha value is -2.11. The Morgan fingerprint density at radius 3 is 2.44 bits per heavy atom. The number of amides is 3. The van der Waals surface area contributed by atoms with Crippen molar-refractivity contribution in [2.24, 2.45) is 0 Å². The highest BCUT2D eigenvalue weighted by atomic mass is 16.2. The zero-order chi connectivity index (χ0) is 13.5. The number of nitrogens with zero attached hydrogens (tertiary/aromatic N) is 1. The van der Waals surface area contributed by atoms with Gasteiger partial charge in [0, 0.05) is 25.7 Å². The first-order valence-corrected chi connectivity index (χ1v) is 5.72. The third-order valence-corrected chi connectivity index (χ3v) is 2.12. The fourth-order valence-electron chi connectivity index (χ4n) is 1.48. The van der Waals surface area contributed by atoms with E-state index in [2.05, 4.69) is 20.9 Å². The molecule has 98 valence electrons. The average Bonchev–Trinajstić information content (AvgIpc) is 2.22. The van der Waals surface area contributed by atoms with Crippen LogP contribution in [0.15, 0.2) is 12.1 Å². The van der Waals surface area contributed by atoms with Crippen molar-refractivity contribution in [1.29, 1.82) is 0 Å². The predicted octanol–water partition coefficient (Wildman–Crippen LogP) is 0.956. The number of hydrogen-bond donors (Lipinski definition) is 3. The highest BCUT2D eigenvalue weighted by Gasteiger charge is 2.03. The first kappa shape index (κ1) is 14.0. The van der Waals surface area contributed by atoms with Crippen molar-refractivity contribution < 1.29 is 9.59 Å². The van der Waals surface area contributed by atoms with Crippen LogP contribution in [0.2, 0.25) is 0 Å². The van der Waals surface area contributed by atoms with Crippen LogP contribution in [0.3, 0.4) is 0 Å². The number of rotatable bonds is 4. The summed E-state index contributed by atoms with van der Waals surface area (Å²) in [5.41, 5.74) is 1.89. The Kier molecular flexibility index (Phi) is 5.10. The quantitative estimate of drug-likeness (QED) is 0.696. The lowest BCUT2D eigenvalue weighted by atomic mass is 10.2. The van der Waals surface area contributed by atoms with E-state index in [1.54, 1.807) is 6.07 Å². The molecule has 1 aromatic heterocycles. The zero-order valence-corrected chi connectivity index (χ0v) is 10.8. The Bertz CT molecular complexity index is 425. The molecule has 0 aliphatic heterocycles. The summed E-state index contributed by atoms with van der Waals surface area (Å²) < 4.78 is 0. The van der Waals surface area contributed by atoms with Crippen LogP contribution in [0.5, 0.6) is 0 Å². The molecule has 0 saturated carbocycles. The van der Waals surface area contributed by atoms with Crippen LogP contribution in [0.4, 0.5) is 10.6 Å². The molecule has 0 atom stereocenters. The number of nitrogens with one attached hydrogen (secondary N) is 3. The van der Waals surface area contributed by atoms with E-state index >= 15 is 0 Å². The number of hydrogen-bond acceptors (Lipinski definition) is 3. The topological polar surface area (TPSA) is 83.1 Å².